The summed E-state index contributed by atoms with van der Waals surface area (Å²) >= 11 is 18.9. The molecule has 0 atom stereocenters. The van der Waals surface area contributed by atoms with Crippen molar-refractivity contribution in [3.63, 3.8) is 0 Å². The Morgan fingerprint density at radius 2 is 1.41 bits per heavy atom. The second-order valence-corrected chi connectivity index (χ2v) is 9.83. The highest BCUT2D eigenvalue weighted by Gasteiger charge is 2.16. The number of carbonyl (C=O) groups excluding carboxylic acids is 1. The smallest absolute Gasteiger partial charge is 0.279 e. The number of rotatable bonds is 8. The first kappa shape index (κ1) is 26.6. The molecule has 0 radical (unpaired) electrons. The van der Waals surface area contributed by atoms with Gasteiger partial charge in [0, 0.05) is 12.1 Å². The van der Waals surface area contributed by atoms with Crippen LogP contribution in [0.1, 0.15) is 11.4 Å². The number of nitrogens with zero attached hydrogens (tertiary/aromatic N) is 2. The number of benzene rings is 4. The number of para-hydroxylation sites is 4. The van der Waals surface area contributed by atoms with Crippen molar-refractivity contribution in [2.45, 2.75) is 6.42 Å². The fraction of sp³-hybridized carbons (Fsp3) is 0.0690. The summed E-state index contributed by atoms with van der Waals surface area (Å²) in [5.74, 6) is 0.0493. The van der Waals surface area contributed by atoms with E-state index < -0.39 is 0 Å². The monoisotopic (exact) mass is 577 g/mol. The molecule has 4 aromatic carbocycles. The van der Waals surface area contributed by atoms with Gasteiger partial charge in [-0.15, -0.1) is 0 Å². The van der Waals surface area contributed by atoms with Gasteiger partial charge in [0.1, 0.15) is 12.4 Å². The molecule has 0 saturated heterocycles. The fourth-order valence-corrected chi connectivity index (χ4v) is 4.76. The highest BCUT2D eigenvalue weighted by Crippen LogP contribution is 2.34. The second kappa shape index (κ2) is 11.8. The first-order valence-corrected chi connectivity index (χ1v) is 13.1. The lowest BCUT2D eigenvalue weighted by molar-refractivity contribution is -0.114. The van der Waals surface area contributed by atoms with Crippen LogP contribution in [0.3, 0.4) is 0 Å². The van der Waals surface area contributed by atoms with Crippen LogP contribution in [0.5, 0.6) is 0 Å². The summed E-state index contributed by atoms with van der Waals surface area (Å²) < 4.78 is 1.31. The van der Waals surface area contributed by atoms with Crippen LogP contribution in [0.15, 0.2) is 95.8 Å². The van der Waals surface area contributed by atoms with Crippen molar-refractivity contribution in [3.05, 3.63) is 128 Å². The second-order valence-electron chi connectivity index (χ2n) is 8.60. The molecule has 39 heavy (non-hydrogen) atoms. The van der Waals surface area contributed by atoms with Gasteiger partial charge in [-0.2, -0.15) is 0 Å². The molecule has 0 bridgehead atoms. The van der Waals surface area contributed by atoms with E-state index >= 15 is 0 Å². The molecule has 10 heteroatoms. The zero-order valence-corrected chi connectivity index (χ0v) is 22.7. The number of carbonyl (C=O) groups is 1. The van der Waals surface area contributed by atoms with Crippen molar-refractivity contribution in [1.29, 1.82) is 0 Å². The summed E-state index contributed by atoms with van der Waals surface area (Å²) in [4.78, 5) is 30.9. The molecule has 0 unspecified atom stereocenters. The van der Waals surface area contributed by atoms with E-state index in [2.05, 4.69) is 16.1 Å². The Kier molecular flexibility index (Phi) is 8.02. The molecule has 0 fully saturated rings. The van der Waals surface area contributed by atoms with Gasteiger partial charge in [0.05, 0.1) is 37.3 Å². The molecule has 196 valence electrons. The van der Waals surface area contributed by atoms with E-state index in [-0.39, 0.29) is 24.4 Å². The SMILES string of the molecule is O=C(CNn1c(Cc2ccccc2Nc2c(Cl)cccc2Cl)nc2ccccc2c1=O)Nc1ccccc1Cl. The number of hydrogen-bond donors (Lipinski definition) is 3. The fourth-order valence-electron chi connectivity index (χ4n) is 4.09. The van der Waals surface area contributed by atoms with Gasteiger partial charge in [-0.05, 0) is 48.0 Å². The summed E-state index contributed by atoms with van der Waals surface area (Å²) in [5.41, 5.74) is 5.82. The van der Waals surface area contributed by atoms with Crippen LogP contribution < -0.4 is 21.6 Å². The van der Waals surface area contributed by atoms with Gasteiger partial charge in [-0.25, -0.2) is 9.66 Å². The third kappa shape index (κ3) is 6.01. The number of aromatic nitrogens is 2. The maximum Gasteiger partial charge on any atom is 0.279 e. The molecular formula is C29H22Cl3N5O2. The average molecular weight is 579 g/mol. The van der Waals surface area contributed by atoms with Crippen molar-refractivity contribution in [2.24, 2.45) is 0 Å². The number of anilines is 3. The Labute approximate surface area is 239 Å². The van der Waals surface area contributed by atoms with Gasteiger partial charge in [0.15, 0.2) is 0 Å². The Hall–Kier alpha value is -4.04. The molecule has 1 heterocycles. The van der Waals surface area contributed by atoms with E-state index in [9.17, 15) is 9.59 Å². The minimum absolute atomic E-state index is 0.187. The molecule has 1 aromatic heterocycles. The van der Waals surface area contributed by atoms with Crippen LogP contribution in [-0.2, 0) is 11.2 Å². The lowest BCUT2D eigenvalue weighted by Crippen LogP contribution is -2.37. The molecule has 0 aliphatic rings. The molecule has 7 nitrogen and oxygen atoms in total. The molecule has 1 amide bonds. The van der Waals surface area contributed by atoms with Gasteiger partial charge in [-0.1, -0.05) is 83.3 Å². The largest absolute Gasteiger partial charge is 0.353 e. The van der Waals surface area contributed by atoms with E-state index in [4.69, 9.17) is 39.8 Å². The van der Waals surface area contributed by atoms with Crippen LogP contribution >= 0.6 is 34.8 Å². The lowest BCUT2D eigenvalue weighted by atomic mass is 10.1. The van der Waals surface area contributed by atoms with Crippen molar-refractivity contribution in [2.75, 3.05) is 22.6 Å². The molecule has 0 saturated carbocycles. The maximum absolute atomic E-state index is 13.5. The van der Waals surface area contributed by atoms with E-state index in [0.29, 0.717) is 43.2 Å². The molecular weight excluding hydrogens is 557 g/mol. The Balaban J connectivity index is 1.47. The summed E-state index contributed by atoms with van der Waals surface area (Å²) in [6.45, 7) is -0.187. The van der Waals surface area contributed by atoms with Crippen LogP contribution in [0.25, 0.3) is 10.9 Å². The quantitative estimate of drug-likeness (QED) is 0.187. The third-order valence-corrected chi connectivity index (χ3v) is 6.94. The van der Waals surface area contributed by atoms with E-state index in [1.807, 2.05) is 30.3 Å². The topological polar surface area (TPSA) is 88.1 Å². The van der Waals surface area contributed by atoms with Gasteiger partial charge >= 0.3 is 0 Å². The van der Waals surface area contributed by atoms with Crippen molar-refractivity contribution in [1.82, 2.24) is 9.66 Å². The van der Waals surface area contributed by atoms with Crippen LogP contribution in [0, 0.1) is 0 Å². The van der Waals surface area contributed by atoms with Gasteiger partial charge in [0.2, 0.25) is 5.91 Å². The maximum atomic E-state index is 13.5. The van der Waals surface area contributed by atoms with E-state index in [1.165, 1.54) is 4.68 Å². The summed E-state index contributed by atoms with van der Waals surface area (Å²) in [6, 6.07) is 26.9. The minimum atomic E-state index is -0.371. The lowest BCUT2D eigenvalue weighted by Gasteiger charge is -2.18. The zero-order valence-electron chi connectivity index (χ0n) is 20.4. The van der Waals surface area contributed by atoms with Crippen LogP contribution in [-0.4, -0.2) is 22.1 Å². The van der Waals surface area contributed by atoms with Gasteiger partial charge < -0.3 is 16.1 Å². The summed E-state index contributed by atoms with van der Waals surface area (Å²) in [6.07, 6.45) is 0.268. The molecule has 3 N–H and O–H groups in total. The number of fused-ring (bicyclic) bond motifs is 1. The number of nitrogens with one attached hydrogen (secondary N) is 3. The molecule has 5 aromatic rings. The van der Waals surface area contributed by atoms with Crippen LogP contribution in [0.4, 0.5) is 17.1 Å². The van der Waals surface area contributed by atoms with E-state index in [0.717, 1.165) is 11.3 Å². The Morgan fingerprint density at radius 3 is 2.18 bits per heavy atom. The molecule has 0 spiro atoms. The van der Waals surface area contributed by atoms with Gasteiger partial charge in [0.25, 0.3) is 5.56 Å². The Morgan fingerprint density at radius 1 is 0.769 bits per heavy atom. The highest BCUT2D eigenvalue weighted by molar-refractivity contribution is 6.39. The summed E-state index contributed by atoms with van der Waals surface area (Å²) in [5, 5.41) is 7.85. The number of halogens is 3. The third-order valence-electron chi connectivity index (χ3n) is 5.98. The predicted octanol–water partition coefficient (Wildman–Crippen LogP) is 6.87. The predicted molar refractivity (Wildman–Crippen MR) is 159 cm³/mol. The first-order valence-electron chi connectivity index (χ1n) is 12.0. The highest BCUT2D eigenvalue weighted by atomic mass is 35.5. The minimum Gasteiger partial charge on any atom is -0.353 e. The molecule has 0 aliphatic carbocycles. The van der Waals surface area contributed by atoms with Gasteiger partial charge in [-0.3, -0.25) is 9.59 Å². The normalized spacial score (nSPS) is 10.8. The Bertz CT molecular complexity index is 1720. The van der Waals surface area contributed by atoms with Crippen molar-refractivity contribution in [3.8, 4) is 0 Å². The standard InChI is InChI=1S/C29H22Cl3N5O2/c30-20-10-3-6-15-25(20)35-27(38)17-33-37-26(34-24-14-5-2-9-19(24)29(37)39)16-18-8-1-4-13-23(18)36-28-21(31)11-7-12-22(28)32/h1-15,33,36H,16-17H2,(H,35,38). The zero-order chi connectivity index (χ0) is 27.4. The molecule has 5 rings (SSSR count). The first-order chi connectivity index (χ1) is 18.9. The van der Waals surface area contributed by atoms with E-state index in [1.54, 1.807) is 60.7 Å². The summed E-state index contributed by atoms with van der Waals surface area (Å²) in [7, 11) is 0. The number of amides is 1. The number of hydrogen-bond acceptors (Lipinski definition) is 5. The average Bonchev–Trinajstić information content (AvgIpc) is 2.93. The molecule has 0 aliphatic heterocycles. The van der Waals surface area contributed by atoms with Crippen LogP contribution in [0.2, 0.25) is 15.1 Å². The van der Waals surface area contributed by atoms with Crippen molar-refractivity contribution < 1.29 is 4.79 Å². The van der Waals surface area contributed by atoms with Crippen molar-refractivity contribution >= 4 is 68.7 Å².